The van der Waals surface area contributed by atoms with E-state index in [2.05, 4.69) is 0 Å². The predicted octanol–water partition coefficient (Wildman–Crippen LogP) is 1.99. The first-order valence-corrected chi connectivity index (χ1v) is 9.74. The molecule has 0 aromatic heterocycles. The maximum Gasteiger partial charge on any atom is 0.411 e. The van der Waals surface area contributed by atoms with Crippen LogP contribution in [-0.2, 0) is 19.1 Å². The number of hydrogen-bond donors (Lipinski definition) is 0. The zero-order valence-electron chi connectivity index (χ0n) is 15.2. The SMILES string of the molecule is COC(=O)C[C@H]1CS[C@@H]2C[C@]3(CCCN3C(=O)OC(C)(C)C)C(=O)N12. The molecule has 2 amide bonds. The van der Waals surface area contributed by atoms with Crippen LogP contribution in [0.1, 0.15) is 46.5 Å². The number of methoxy groups -OCH3 is 1. The third-order valence-corrected chi connectivity index (χ3v) is 6.42. The van der Waals surface area contributed by atoms with Crippen LogP contribution < -0.4 is 0 Å². The maximum absolute atomic E-state index is 13.3. The summed E-state index contributed by atoms with van der Waals surface area (Å²) < 4.78 is 10.3. The van der Waals surface area contributed by atoms with Crippen molar-refractivity contribution in [1.82, 2.24) is 9.80 Å². The van der Waals surface area contributed by atoms with E-state index in [1.807, 2.05) is 25.7 Å². The summed E-state index contributed by atoms with van der Waals surface area (Å²) in [5, 5.41) is 0.0187. The second kappa shape index (κ2) is 6.37. The summed E-state index contributed by atoms with van der Waals surface area (Å²) in [5.41, 5.74) is -1.41. The Labute approximate surface area is 152 Å². The Morgan fingerprint density at radius 2 is 2.08 bits per heavy atom. The zero-order chi connectivity index (χ0) is 18.4. The minimum absolute atomic E-state index is 0.0187. The summed E-state index contributed by atoms with van der Waals surface area (Å²) in [6, 6.07) is -0.157. The Balaban J connectivity index is 1.80. The molecule has 0 aromatic carbocycles. The Kier molecular flexibility index (Phi) is 4.68. The fraction of sp³-hybridized carbons (Fsp3) is 0.824. The molecule has 3 aliphatic rings. The van der Waals surface area contributed by atoms with E-state index in [-0.39, 0.29) is 29.7 Å². The highest BCUT2D eigenvalue weighted by Gasteiger charge is 2.62. The highest BCUT2D eigenvalue weighted by Crippen LogP contribution is 2.49. The van der Waals surface area contributed by atoms with Gasteiger partial charge in [0.05, 0.1) is 24.9 Å². The number of nitrogens with zero attached hydrogens (tertiary/aromatic N) is 2. The van der Waals surface area contributed by atoms with Crippen molar-refractivity contribution in [3.8, 4) is 0 Å². The monoisotopic (exact) mass is 370 g/mol. The number of hydrogen-bond acceptors (Lipinski definition) is 6. The van der Waals surface area contributed by atoms with E-state index in [0.717, 1.165) is 12.2 Å². The van der Waals surface area contributed by atoms with Gasteiger partial charge in [-0.1, -0.05) is 0 Å². The van der Waals surface area contributed by atoms with E-state index in [0.29, 0.717) is 19.4 Å². The summed E-state index contributed by atoms with van der Waals surface area (Å²) in [4.78, 5) is 41.0. The average Bonchev–Trinajstić information content (AvgIpc) is 3.17. The van der Waals surface area contributed by atoms with Crippen molar-refractivity contribution in [2.45, 2.75) is 69.0 Å². The van der Waals surface area contributed by atoms with Crippen LogP contribution in [0.4, 0.5) is 4.79 Å². The van der Waals surface area contributed by atoms with Crippen LogP contribution in [0.25, 0.3) is 0 Å². The molecule has 0 bridgehead atoms. The predicted molar refractivity (Wildman–Crippen MR) is 93.0 cm³/mol. The van der Waals surface area contributed by atoms with Crippen molar-refractivity contribution in [1.29, 1.82) is 0 Å². The van der Waals surface area contributed by atoms with Crippen LogP contribution in [0.3, 0.4) is 0 Å². The van der Waals surface area contributed by atoms with Gasteiger partial charge in [0, 0.05) is 18.7 Å². The topological polar surface area (TPSA) is 76.1 Å². The van der Waals surface area contributed by atoms with Gasteiger partial charge in [-0.25, -0.2) is 4.79 Å². The van der Waals surface area contributed by atoms with Gasteiger partial charge in [-0.3, -0.25) is 14.5 Å². The molecule has 3 rings (SSSR count). The van der Waals surface area contributed by atoms with Gasteiger partial charge in [-0.15, -0.1) is 11.8 Å². The van der Waals surface area contributed by atoms with Gasteiger partial charge in [0.1, 0.15) is 11.1 Å². The molecule has 0 radical (unpaired) electrons. The van der Waals surface area contributed by atoms with Crippen LogP contribution in [0.15, 0.2) is 0 Å². The summed E-state index contributed by atoms with van der Waals surface area (Å²) in [6.45, 7) is 6.01. The lowest BCUT2D eigenvalue weighted by Crippen LogP contribution is -2.55. The molecule has 3 saturated heterocycles. The lowest BCUT2D eigenvalue weighted by Gasteiger charge is -2.35. The first kappa shape index (κ1) is 18.4. The quantitative estimate of drug-likeness (QED) is 0.692. The Bertz CT molecular complexity index is 590. The standard InChI is InChI=1S/C17H26N2O5S/c1-16(2,3)24-15(22)18-7-5-6-17(18)9-12-19(14(17)21)11(10-25-12)8-13(20)23-4/h11-12H,5-10H2,1-4H3/t11-,12+,17+/m0/s1. The van der Waals surface area contributed by atoms with Gasteiger partial charge in [-0.2, -0.15) is 0 Å². The summed E-state index contributed by atoms with van der Waals surface area (Å²) >= 11 is 1.68. The van der Waals surface area contributed by atoms with Gasteiger partial charge in [0.15, 0.2) is 0 Å². The number of amides is 2. The van der Waals surface area contributed by atoms with E-state index in [9.17, 15) is 14.4 Å². The van der Waals surface area contributed by atoms with Crippen molar-refractivity contribution >= 4 is 29.7 Å². The lowest BCUT2D eigenvalue weighted by atomic mass is 9.94. The number of rotatable bonds is 2. The molecule has 3 fully saturated rings. The molecular formula is C17H26N2O5S. The minimum atomic E-state index is -0.811. The first-order valence-electron chi connectivity index (χ1n) is 8.70. The number of esters is 1. The molecule has 25 heavy (non-hydrogen) atoms. The lowest BCUT2D eigenvalue weighted by molar-refractivity contribution is -0.144. The van der Waals surface area contributed by atoms with Crippen molar-refractivity contribution in [3.63, 3.8) is 0 Å². The molecule has 7 nitrogen and oxygen atoms in total. The van der Waals surface area contributed by atoms with Gasteiger partial charge >= 0.3 is 12.1 Å². The molecule has 0 unspecified atom stereocenters. The van der Waals surface area contributed by atoms with Crippen LogP contribution in [0.2, 0.25) is 0 Å². The number of likely N-dealkylation sites (tertiary alicyclic amines) is 1. The van der Waals surface area contributed by atoms with Gasteiger partial charge in [0.25, 0.3) is 0 Å². The number of carbonyl (C=O) groups excluding carboxylic acids is 3. The second-order valence-electron chi connectivity index (χ2n) is 7.91. The first-order chi connectivity index (χ1) is 11.7. The molecule has 0 aromatic rings. The van der Waals surface area contributed by atoms with Crippen molar-refractivity contribution < 1.29 is 23.9 Å². The second-order valence-corrected chi connectivity index (χ2v) is 9.12. The van der Waals surface area contributed by atoms with E-state index in [1.54, 1.807) is 16.7 Å². The van der Waals surface area contributed by atoms with E-state index in [4.69, 9.17) is 9.47 Å². The Hall–Kier alpha value is -1.44. The molecule has 0 N–H and O–H groups in total. The average molecular weight is 370 g/mol. The van der Waals surface area contributed by atoms with E-state index in [1.165, 1.54) is 7.11 Å². The minimum Gasteiger partial charge on any atom is -0.469 e. The molecule has 0 saturated carbocycles. The molecule has 140 valence electrons. The van der Waals surface area contributed by atoms with E-state index < -0.39 is 17.2 Å². The molecule has 0 aliphatic carbocycles. The van der Waals surface area contributed by atoms with Gasteiger partial charge in [-0.05, 0) is 33.6 Å². The largest absolute Gasteiger partial charge is 0.469 e. The molecule has 3 heterocycles. The number of carbonyl (C=O) groups is 3. The van der Waals surface area contributed by atoms with E-state index >= 15 is 0 Å². The fourth-order valence-corrected chi connectivity index (χ4v) is 5.56. The van der Waals surface area contributed by atoms with Gasteiger partial charge in [0.2, 0.25) is 5.91 Å². The highest BCUT2D eigenvalue weighted by atomic mass is 32.2. The van der Waals surface area contributed by atoms with Crippen molar-refractivity contribution in [2.75, 3.05) is 19.4 Å². The smallest absolute Gasteiger partial charge is 0.411 e. The third-order valence-electron chi connectivity index (χ3n) is 5.06. The van der Waals surface area contributed by atoms with Crippen LogP contribution in [0.5, 0.6) is 0 Å². The number of fused-ring (bicyclic) bond motifs is 1. The number of thioether (sulfide) groups is 1. The molecule has 3 aliphatic heterocycles. The Morgan fingerprint density at radius 1 is 1.36 bits per heavy atom. The van der Waals surface area contributed by atoms with Crippen LogP contribution in [-0.4, -0.2) is 69.7 Å². The molecule has 8 heteroatoms. The zero-order valence-corrected chi connectivity index (χ0v) is 16.1. The summed E-state index contributed by atoms with van der Waals surface area (Å²) in [6.07, 6.45) is 1.83. The van der Waals surface area contributed by atoms with Crippen LogP contribution >= 0.6 is 11.8 Å². The fourth-order valence-electron chi connectivity index (χ4n) is 4.02. The molecular weight excluding hydrogens is 344 g/mol. The van der Waals surface area contributed by atoms with Crippen LogP contribution in [0, 0.1) is 0 Å². The normalized spacial score (nSPS) is 31.6. The third kappa shape index (κ3) is 3.20. The van der Waals surface area contributed by atoms with Crippen molar-refractivity contribution in [2.24, 2.45) is 0 Å². The van der Waals surface area contributed by atoms with Crippen molar-refractivity contribution in [3.05, 3.63) is 0 Å². The highest BCUT2D eigenvalue weighted by molar-refractivity contribution is 8.00. The summed E-state index contributed by atoms with van der Waals surface area (Å²) in [5.74, 6) is 0.378. The number of ether oxygens (including phenoxy) is 2. The summed E-state index contributed by atoms with van der Waals surface area (Å²) in [7, 11) is 1.36. The Morgan fingerprint density at radius 3 is 2.72 bits per heavy atom. The maximum atomic E-state index is 13.3. The van der Waals surface area contributed by atoms with Gasteiger partial charge < -0.3 is 14.4 Å². The molecule has 1 spiro atoms. The molecule has 3 atom stereocenters.